The summed E-state index contributed by atoms with van der Waals surface area (Å²) in [5, 5.41) is 7.18. The summed E-state index contributed by atoms with van der Waals surface area (Å²) in [7, 11) is -1.63. The molecule has 0 aliphatic heterocycles. The first kappa shape index (κ1) is 15.5. The molecule has 1 heterocycles. The average molecular weight is 308 g/mol. The molecule has 114 valence electrons. The third-order valence-corrected chi connectivity index (χ3v) is 4.49. The number of hydrogen-bond donors (Lipinski definition) is 2. The molecule has 2 aromatic rings. The summed E-state index contributed by atoms with van der Waals surface area (Å²) in [6, 6.07) is 6.73. The number of nitrogens with zero attached hydrogens (tertiary/aromatic N) is 2. The van der Waals surface area contributed by atoms with Crippen LogP contribution in [0.3, 0.4) is 0 Å². The van der Waals surface area contributed by atoms with Gasteiger partial charge in [-0.05, 0) is 43.2 Å². The van der Waals surface area contributed by atoms with Crippen molar-refractivity contribution < 1.29 is 8.42 Å². The standard InChI is InChI=1S/C14H20N4O2S/c1-3-15-13-4-6-14(7-5-13)21(19,20)17-9-8-12-10-16-18(2)11-12/h4-7,10-11,15,17H,3,8-9H2,1-2H3. The molecule has 2 rings (SSSR count). The molecule has 0 radical (unpaired) electrons. The molecule has 0 spiro atoms. The van der Waals surface area contributed by atoms with Gasteiger partial charge in [0.2, 0.25) is 10.0 Å². The number of aromatic nitrogens is 2. The first-order valence-corrected chi connectivity index (χ1v) is 8.30. The van der Waals surface area contributed by atoms with E-state index in [1.54, 1.807) is 35.1 Å². The third-order valence-electron chi connectivity index (χ3n) is 3.01. The predicted molar refractivity (Wildman–Crippen MR) is 82.7 cm³/mol. The Bertz CT molecular complexity index is 677. The van der Waals surface area contributed by atoms with E-state index in [2.05, 4.69) is 15.1 Å². The highest BCUT2D eigenvalue weighted by Crippen LogP contribution is 2.13. The molecular weight excluding hydrogens is 288 g/mol. The molecule has 0 aliphatic rings. The number of sulfonamides is 1. The molecule has 1 aromatic heterocycles. The summed E-state index contributed by atoms with van der Waals surface area (Å²) in [5.41, 5.74) is 1.91. The van der Waals surface area contributed by atoms with Gasteiger partial charge < -0.3 is 5.32 Å². The molecule has 0 fully saturated rings. The Morgan fingerprint density at radius 1 is 1.24 bits per heavy atom. The van der Waals surface area contributed by atoms with Crippen molar-refractivity contribution in [2.24, 2.45) is 7.05 Å². The quantitative estimate of drug-likeness (QED) is 0.810. The zero-order valence-electron chi connectivity index (χ0n) is 12.2. The number of nitrogens with one attached hydrogen (secondary N) is 2. The number of rotatable bonds is 7. The van der Waals surface area contributed by atoms with Crippen molar-refractivity contribution in [1.29, 1.82) is 0 Å². The van der Waals surface area contributed by atoms with E-state index >= 15 is 0 Å². The van der Waals surface area contributed by atoms with Gasteiger partial charge in [-0.2, -0.15) is 5.10 Å². The first-order valence-electron chi connectivity index (χ1n) is 6.82. The summed E-state index contributed by atoms with van der Waals surface area (Å²) in [5.74, 6) is 0. The third kappa shape index (κ3) is 4.30. The number of benzene rings is 1. The van der Waals surface area contributed by atoms with E-state index in [0.717, 1.165) is 17.8 Å². The van der Waals surface area contributed by atoms with Crippen molar-refractivity contribution in [3.05, 3.63) is 42.2 Å². The molecule has 2 N–H and O–H groups in total. The highest BCUT2D eigenvalue weighted by atomic mass is 32.2. The Morgan fingerprint density at radius 3 is 2.52 bits per heavy atom. The first-order chi connectivity index (χ1) is 10.0. The molecule has 21 heavy (non-hydrogen) atoms. The summed E-state index contributed by atoms with van der Waals surface area (Å²) in [6.07, 6.45) is 4.22. The van der Waals surface area contributed by atoms with Gasteiger partial charge in [-0.1, -0.05) is 0 Å². The lowest BCUT2D eigenvalue weighted by atomic mass is 10.3. The van der Waals surface area contributed by atoms with E-state index in [-0.39, 0.29) is 4.90 Å². The van der Waals surface area contributed by atoms with Crippen LogP contribution in [0.5, 0.6) is 0 Å². The Hall–Kier alpha value is -1.86. The van der Waals surface area contributed by atoms with Gasteiger partial charge in [0.15, 0.2) is 0 Å². The molecule has 1 aromatic carbocycles. The summed E-state index contributed by atoms with van der Waals surface area (Å²) >= 11 is 0. The lowest BCUT2D eigenvalue weighted by Crippen LogP contribution is -2.25. The zero-order valence-corrected chi connectivity index (χ0v) is 13.0. The molecular formula is C14H20N4O2S. The van der Waals surface area contributed by atoms with Crippen LogP contribution in [-0.4, -0.2) is 31.3 Å². The Morgan fingerprint density at radius 2 is 1.95 bits per heavy atom. The smallest absolute Gasteiger partial charge is 0.240 e. The summed E-state index contributed by atoms with van der Waals surface area (Å²) in [6.45, 7) is 3.14. The van der Waals surface area contributed by atoms with Crippen LogP contribution in [0.2, 0.25) is 0 Å². The van der Waals surface area contributed by atoms with Crippen molar-refractivity contribution in [2.75, 3.05) is 18.4 Å². The van der Waals surface area contributed by atoms with Crippen molar-refractivity contribution in [3.63, 3.8) is 0 Å². The minimum atomic E-state index is -3.46. The maximum absolute atomic E-state index is 12.1. The minimum Gasteiger partial charge on any atom is -0.385 e. The number of hydrogen-bond acceptors (Lipinski definition) is 4. The van der Waals surface area contributed by atoms with Crippen LogP contribution in [0.25, 0.3) is 0 Å². The van der Waals surface area contributed by atoms with Crippen LogP contribution in [-0.2, 0) is 23.5 Å². The molecule has 0 amide bonds. The second-order valence-corrected chi connectivity index (χ2v) is 6.49. The van der Waals surface area contributed by atoms with Crippen LogP contribution in [0.15, 0.2) is 41.6 Å². The van der Waals surface area contributed by atoms with Gasteiger partial charge >= 0.3 is 0 Å². The van der Waals surface area contributed by atoms with Gasteiger partial charge in [0.25, 0.3) is 0 Å². The Balaban J connectivity index is 1.94. The highest BCUT2D eigenvalue weighted by molar-refractivity contribution is 7.89. The second kappa shape index (κ2) is 6.73. The maximum atomic E-state index is 12.1. The molecule has 0 atom stereocenters. The van der Waals surface area contributed by atoms with Crippen LogP contribution >= 0.6 is 0 Å². The largest absolute Gasteiger partial charge is 0.385 e. The fourth-order valence-corrected chi connectivity index (χ4v) is 3.00. The van der Waals surface area contributed by atoms with Gasteiger partial charge in [-0.15, -0.1) is 0 Å². The normalized spacial score (nSPS) is 11.5. The van der Waals surface area contributed by atoms with Crippen molar-refractivity contribution in [2.45, 2.75) is 18.2 Å². The molecule has 6 nitrogen and oxygen atoms in total. The van der Waals surface area contributed by atoms with Crippen LogP contribution in [0, 0.1) is 0 Å². The van der Waals surface area contributed by atoms with E-state index in [9.17, 15) is 8.42 Å². The fourth-order valence-electron chi connectivity index (χ4n) is 1.97. The topological polar surface area (TPSA) is 76.0 Å². The molecule has 0 aliphatic carbocycles. The molecule has 0 saturated carbocycles. The molecule has 7 heteroatoms. The lowest BCUT2D eigenvalue weighted by Gasteiger charge is -2.08. The van der Waals surface area contributed by atoms with Gasteiger partial charge in [0, 0.05) is 32.0 Å². The Labute approximate surface area is 125 Å². The van der Waals surface area contributed by atoms with Crippen LogP contribution in [0.1, 0.15) is 12.5 Å². The van der Waals surface area contributed by atoms with Crippen LogP contribution in [0.4, 0.5) is 5.69 Å². The van der Waals surface area contributed by atoms with E-state index in [1.807, 2.05) is 20.2 Å². The van der Waals surface area contributed by atoms with Crippen LogP contribution < -0.4 is 10.0 Å². The zero-order chi connectivity index (χ0) is 15.3. The van der Waals surface area contributed by atoms with Gasteiger partial charge in [-0.25, -0.2) is 13.1 Å². The van der Waals surface area contributed by atoms with Gasteiger partial charge in [0.05, 0.1) is 11.1 Å². The predicted octanol–water partition coefficient (Wildman–Crippen LogP) is 1.37. The molecule has 0 unspecified atom stereocenters. The highest BCUT2D eigenvalue weighted by Gasteiger charge is 2.13. The minimum absolute atomic E-state index is 0.273. The van der Waals surface area contributed by atoms with Crippen molar-refractivity contribution in [3.8, 4) is 0 Å². The van der Waals surface area contributed by atoms with Gasteiger partial charge in [-0.3, -0.25) is 4.68 Å². The van der Waals surface area contributed by atoms with E-state index in [4.69, 9.17) is 0 Å². The van der Waals surface area contributed by atoms with E-state index in [0.29, 0.717) is 13.0 Å². The summed E-state index contributed by atoms with van der Waals surface area (Å²) in [4.78, 5) is 0.273. The number of aryl methyl sites for hydroxylation is 1. The SMILES string of the molecule is CCNc1ccc(S(=O)(=O)NCCc2cnn(C)c2)cc1. The molecule has 0 bridgehead atoms. The van der Waals surface area contributed by atoms with E-state index < -0.39 is 10.0 Å². The van der Waals surface area contributed by atoms with Gasteiger partial charge in [0.1, 0.15) is 0 Å². The number of anilines is 1. The lowest BCUT2D eigenvalue weighted by molar-refractivity contribution is 0.581. The van der Waals surface area contributed by atoms with Crippen molar-refractivity contribution in [1.82, 2.24) is 14.5 Å². The maximum Gasteiger partial charge on any atom is 0.240 e. The Kier molecular flexibility index (Phi) is 4.98. The monoisotopic (exact) mass is 308 g/mol. The summed E-state index contributed by atoms with van der Waals surface area (Å²) < 4.78 is 28.6. The molecule has 0 saturated heterocycles. The average Bonchev–Trinajstić information content (AvgIpc) is 2.85. The van der Waals surface area contributed by atoms with Crippen molar-refractivity contribution >= 4 is 15.7 Å². The van der Waals surface area contributed by atoms with E-state index in [1.165, 1.54) is 0 Å². The second-order valence-electron chi connectivity index (χ2n) is 4.72. The fraction of sp³-hybridized carbons (Fsp3) is 0.357.